The Balaban J connectivity index is 1.72. The van der Waals surface area contributed by atoms with Gasteiger partial charge in [0.2, 0.25) is 0 Å². The van der Waals surface area contributed by atoms with Crippen molar-refractivity contribution in [1.29, 1.82) is 0 Å². The van der Waals surface area contributed by atoms with Gasteiger partial charge in [-0.25, -0.2) is 9.97 Å². The Kier molecular flexibility index (Phi) is 3.86. The molecule has 0 saturated carbocycles. The molecule has 0 unspecified atom stereocenters. The fraction of sp³-hybridized carbons (Fsp3) is 0.333. The molecular formula is C15H18BN4. The number of anilines is 2. The summed E-state index contributed by atoms with van der Waals surface area (Å²) >= 11 is 0. The Morgan fingerprint density at radius 2 is 1.85 bits per heavy atom. The summed E-state index contributed by atoms with van der Waals surface area (Å²) in [7, 11) is 2.10. The monoisotopic (exact) mass is 265 g/mol. The van der Waals surface area contributed by atoms with Gasteiger partial charge in [0, 0.05) is 25.0 Å². The fourth-order valence-electron chi connectivity index (χ4n) is 2.39. The predicted molar refractivity (Wildman–Crippen MR) is 82.9 cm³/mol. The van der Waals surface area contributed by atoms with Gasteiger partial charge in [-0.15, -0.1) is 0 Å². The summed E-state index contributed by atoms with van der Waals surface area (Å²) in [5.74, 6) is 2.01. The van der Waals surface area contributed by atoms with Crippen molar-refractivity contribution >= 4 is 19.2 Å². The van der Waals surface area contributed by atoms with Crippen LogP contribution >= 0.6 is 0 Å². The topological polar surface area (TPSA) is 32.3 Å². The summed E-state index contributed by atoms with van der Waals surface area (Å²) in [6.07, 6.45) is 3.98. The average Bonchev–Trinajstić information content (AvgIpc) is 2.99. The van der Waals surface area contributed by atoms with Gasteiger partial charge >= 0.3 is 7.55 Å². The van der Waals surface area contributed by atoms with Crippen molar-refractivity contribution in [2.75, 3.05) is 22.7 Å². The van der Waals surface area contributed by atoms with Crippen molar-refractivity contribution in [2.45, 2.75) is 19.8 Å². The summed E-state index contributed by atoms with van der Waals surface area (Å²) in [5, 5.41) is 0. The highest BCUT2D eigenvalue weighted by Crippen LogP contribution is 2.19. The maximum absolute atomic E-state index is 4.72. The molecule has 2 aromatic heterocycles. The number of hydrogen-bond donors (Lipinski definition) is 0. The minimum Gasteiger partial charge on any atom is -0.382 e. The molecule has 0 spiro atoms. The molecule has 0 atom stereocenters. The molecule has 5 heteroatoms. The third-order valence-corrected chi connectivity index (χ3v) is 3.40. The van der Waals surface area contributed by atoms with Gasteiger partial charge in [-0.3, -0.25) is 0 Å². The Morgan fingerprint density at radius 1 is 1.05 bits per heavy atom. The maximum atomic E-state index is 4.72. The molecule has 0 bridgehead atoms. The number of hydrogen-bond acceptors (Lipinski definition) is 4. The van der Waals surface area contributed by atoms with Crippen LogP contribution in [-0.4, -0.2) is 30.6 Å². The summed E-state index contributed by atoms with van der Waals surface area (Å²) in [5.41, 5.74) is 1.16. The predicted octanol–water partition coefficient (Wildman–Crippen LogP) is 2.29. The van der Waals surface area contributed by atoms with Gasteiger partial charge in [0.15, 0.2) is 0 Å². The lowest BCUT2D eigenvalue weighted by atomic mass is 10.1. The zero-order chi connectivity index (χ0) is 13.8. The van der Waals surface area contributed by atoms with E-state index in [4.69, 9.17) is 4.98 Å². The van der Waals surface area contributed by atoms with Crippen molar-refractivity contribution in [3.8, 4) is 0 Å². The van der Waals surface area contributed by atoms with E-state index >= 15 is 0 Å². The molecule has 20 heavy (non-hydrogen) atoms. The van der Waals surface area contributed by atoms with Crippen molar-refractivity contribution in [1.82, 2.24) is 9.97 Å². The van der Waals surface area contributed by atoms with Gasteiger partial charge < -0.3 is 9.62 Å². The molecule has 2 aromatic rings. The van der Waals surface area contributed by atoms with Crippen LogP contribution in [-0.2, 0) is 6.42 Å². The lowest BCUT2D eigenvalue weighted by Gasteiger charge is -2.18. The van der Waals surface area contributed by atoms with Gasteiger partial charge in [0.1, 0.15) is 11.6 Å². The summed E-state index contributed by atoms with van der Waals surface area (Å²) in [4.78, 5) is 13.5. The zero-order valence-electron chi connectivity index (χ0n) is 11.7. The highest BCUT2D eigenvalue weighted by Gasteiger charge is 2.24. The number of rotatable bonds is 4. The first-order valence-electron chi connectivity index (χ1n) is 7.12. The molecule has 0 aromatic carbocycles. The summed E-state index contributed by atoms with van der Waals surface area (Å²) in [6.45, 7) is 4.06. The third kappa shape index (κ3) is 2.76. The van der Waals surface area contributed by atoms with Gasteiger partial charge in [0.05, 0.1) is 0 Å². The Labute approximate surface area is 120 Å². The lowest BCUT2D eigenvalue weighted by Crippen LogP contribution is -2.30. The molecule has 1 aliphatic heterocycles. The molecule has 0 aliphatic carbocycles. The number of nitrogens with zero attached hydrogens (tertiary/aromatic N) is 4. The second kappa shape index (κ2) is 5.95. The number of pyridine rings is 2. The van der Waals surface area contributed by atoms with Crippen LogP contribution in [0.1, 0.15) is 19.0 Å². The molecule has 0 N–H and O–H groups in total. The van der Waals surface area contributed by atoms with E-state index in [1.54, 1.807) is 0 Å². The SMILES string of the molecule is CCCc1cccc(N2[B]N(c3ccccn3)CC2)n1. The van der Waals surface area contributed by atoms with E-state index in [1.165, 1.54) is 0 Å². The molecule has 4 nitrogen and oxygen atoms in total. The van der Waals surface area contributed by atoms with E-state index in [-0.39, 0.29) is 0 Å². The van der Waals surface area contributed by atoms with Crippen LogP contribution in [0.5, 0.6) is 0 Å². The minimum absolute atomic E-state index is 0.941. The normalized spacial score (nSPS) is 14.4. The Hall–Kier alpha value is -2.04. The number of aromatic nitrogens is 2. The number of aryl methyl sites for hydroxylation is 1. The van der Waals surface area contributed by atoms with Gasteiger partial charge in [-0.05, 0) is 30.7 Å². The Bertz CT molecular complexity index is 561. The van der Waals surface area contributed by atoms with Gasteiger partial charge in [-0.2, -0.15) is 0 Å². The fourth-order valence-corrected chi connectivity index (χ4v) is 2.39. The van der Waals surface area contributed by atoms with Gasteiger partial charge in [0.25, 0.3) is 0 Å². The third-order valence-electron chi connectivity index (χ3n) is 3.40. The molecule has 1 saturated heterocycles. The van der Waals surface area contributed by atoms with Crippen molar-refractivity contribution in [2.24, 2.45) is 0 Å². The van der Waals surface area contributed by atoms with Crippen LogP contribution in [0.15, 0.2) is 42.6 Å². The standard InChI is InChI=1S/C15H18BN4/c1-2-6-13-7-5-9-15(18-13)20-12-11-19(16-20)14-8-3-4-10-17-14/h3-5,7-10H,2,6,11-12H2,1H3. The van der Waals surface area contributed by atoms with E-state index in [9.17, 15) is 0 Å². The zero-order valence-corrected chi connectivity index (χ0v) is 11.7. The van der Waals surface area contributed by atoms with Crippen LogP contribution in [0, 0.1) is 0 Å². The Morgan fingerprint density at radius 3 is 2.60 bits per heavy atom. The molecule has 3 rings (SSSR count). The smallest absolute Gasteiger partial charge is 0.382 e. The summed E-state index contributed by atoms with van der Waals surface area (Å²) < 4.78 is 0. The van der Waals surface area contributed by atoms with E-state index in [1.807, 2.05) is 24.4 Å². The molecule has 1 aliphatic rings. The van der Waals surface area contributed by atoms with Crippen LogP contribution in [0.25, 0.3) is 0 Å². The second-order valence-corrected chi connectivity index (χ2v) is 4.93. The first-order valence-corrected chi connectivity index (χ1v) is 7.12. The quantitative estimate of drug-likeness (QED) is 0.794. The molecule has 1 radical (unpaired) electrons. The first-order chi connectivity index (χ1) is 9.86. The van der Waals surface area contributed by atoms with Crippen molar-refractivity contribution < 1.29 is 0 Å². The maximum Gasteiger partial charge on any atom is 0.394 e. The van der Waals surface area contributed by atoms with E-state index < -0.39 is 0 Å². The minimum atomic E-state index is 0.941. The highest BCUT2D eigenvalue weighted by molar-refractivity contribution is 6.47. The lowest BCUT2D eigenvalue weighted by molar-refractivity contribution is 0.877. The van der Waals surface area contributed by atoms with Crippen LogP contribution in [0.3, 0.4) is 0 Å². The second-order valence-electron chi connectivity index (χ2n) is 4.93. The van der Waals surface area contributed by atoms with Crippen LogP contribution in [0.4, 0.5) is 11.6 Å². The van der Waals surface area contributed by atoms with Crippen molar-refractivity contribution in [3.63, 3.8) is 0 Å². The average molecular weight is 265 g/mol. The van der Waals surface area contributed by atoms with Crippen molar-refractivity contribution in [3.05, 3.63) is 48.3 Å². The molecule has 3 heterocycles. The van der Waals surface area contributed by atoms with E-state index in [0.717, 1.165) is 43.3 Å². The molecule has 1 fully saturated rings. The summed E-state index contributed by atoms with van der Waals surface area (Å²) in [6, 6.07) is 12.2. The van der Waals surface area contributed by atoms with E-state index in [0.29, 0.717) is 0 Å². The first kappa shape index (κ1) is 13.0. The van der Waals surface area contributed by atoms with Crippen LogP contribution < -0.4 is 9.62 Å². The molecule has 101 valence electrons. The highest BCUT2D eigenvalue weighted by atomic mass is 15.3. The van der Waals surface area contributed by atoms with E-state index in [2.05, 4.69) is 47.3 Å². The van der Waals surface area contributed by atoms with Crippen LogP contribution in [0.2, 0.25) is 0 Å². The molecule has 0 amide bonds. The van der Waals surface area contributed by atoms with Gasteiger partial charge in [-0.1, -0.05) is 25.5 Å². The largest absolute Gasteiger partial charge is 0.394 e. The molecular weight excluding hydrogens is 247 g/mol.